The van der Waals surface area contributed by atoms with Gasteiger partial charge < -0.3 is 8.98 Å². The summed E-state index contributed by atoms with van der Waals surface area (Å²) in [5.74, 6) is 1.80. The van der Waals surface area contributed by atoms with Crippen molar-refractivity contribution in [3.63, 3.8) is 0 Å². The number of nitrogens with zero attached hydrogens (tertiary/aromatic N) is 4. The van der Waals surface area contributed by atoms with Crippen molar-refractivity contribution >= 4 is 43.7 Å². The van der Waals surface area contributed by atoms with Crippen molar-refractivity contribution in [1.29, 1.82) is 0 Å². The van der Waals surface area contributed by atoms with Crippen LogP contribution < -0.4 is 0 Å². The van der Waals surface area contributed by atoms with E-state index in [-0.39, 0.29) is 0 Å². The minimum atomic E-state index is 0.580. The third kappa shape index (κ3) is 5.98. The molecule has 5 nitrogen and oxygen atoms in total. The summed E-state index contributed by atoms with van der Waals surface area (Å²) in [6, 6.07) is 76.3. The fraction of sp³-hybridized carbons (Fsp3) is 0. The number of hydrogen-bond donors (Lipinski definition) is 0. The molecule has 0 atom stereocenters. The van der Waals surface area contributed by atoms with E-state index in [0.717, 1.165) is 72.1 Å². The van der Waals surface area contributed by atoms with E-state index in [0.29, 0.717) is 17.5 Å². The quantitative estimate of drug-likeness (QED) is 0.161. The van der Waals surface area contributed by atoms with Crippen LogP contribution in [0.3, 0.4) is 0 Å². The molecule has 3 aromatic heterocycles. The normalized spacial score (nSPS) is 11.5. The number of benzene rings is 9. The van der Waals surface area contributed by atoms with Gasteiger partial charge in [0.25, 0.3) is 0 Å². The second kappa shape index (κ2) is 14.7. The molecule has 0 amide bonds. The molecule has 9 aromatic carbocycles. The zero-order valence-electron chi connectivity index (χ0n) is 33.5. The smallest absolute Gasteiger partial charge is 0.164 e. The maximum absolute atomic E-state index is 6.92. The van der Waals surface area contributed by atoms with Crippen LogP contribution in [-0.2, 0) is 0 Å². The third-order valence-electron chi connectivity index (χ3n) is 11.9. The number of furan rings is 1. The first-order chi connectivity index (χ1) is 30.7. The summed E-state index contributed by atoms with van der Waals surface area (Å²) in [5.41, 5.74) is 14.5. The molecule has 0 bridgehead atoms. The van der Waals surface area contributed by atoms with Gasteiger partial charge in [-0.3, -0.25) is 0 Å². The van der Waals surface area contributed by atoms with Crippen molar-refractivity contribution in [1.82, 2.24) is 19.5 Å². The fourth-order valence-corrected chi connectivity index (χ4v) is 8.99. The Morgan fingerprint density at radius 3 is 1.55 bits per heavy atom. The molecule has 0 aliphatic carbocycles. The molecule has 0 radical (unpaired) electrons. The number of fused-ring (bicyclic) bond motifs is 6. The van der Waals surface area contributed by atoms with Gasteiger partial charge in [-0.2, -0.15) is 0 Å². The Labute approximate surface area is 357 Å². The fourth-order valence-electron chi connectivity index (χ4n) is 8.99. The van der Waals surface area contributed by atoms with Crippen molar-refractivity contribution < 1.29 is 4.42 Å². The van der Waals surface area contributed by atoms with Gasteiger partial charge in [-0.05, 0) is 64.2 Å². The van der Waals surface area contributed by atoms with Crippen LogP contribution in [0.25, 0.3) is 117 Å². The van der Waals surface area contributed by atoms with E-state index in [9.17, 15) is 0 Å². The summed E-state index contributed by atoms with van der Waals surface area (Å²) in [4.78, 5) is 15.1. The first kappa shape index (κ1) is 35.5. The molecule has 290 valence electrons. The molecule has 5 heteroatoms. The number of rotatable bonds is 7. The van der Waals surface area contributed by atoms with Gasteiger partial charge in [0.05, 0.1) is 11.0 Å². The lowest BCUT2D eigenvalue weighted by Crippen LogP contribution is -2.00. The molecule has 0 saturated heterocycles. The first-order valence-corrected chi connectivity index (χ1v) is 20.9. The predicted molar refractivity (Wildman–Crippen MR) is 254 cm³/mol. The molecule has 12 aromatic rings. The molecule has 0 aliphatic rings. The van der Waals surface area contributed by atoms with Crippen LogP contribution in [0, 0.1) is 0 Å². The number of para-hydroxylation sites is 3. The van der Waals surface area contributed by atoms with E-state index in [2.05, 4.69) is 187 Å². The second-order valence-electron chi connectivity index (χ2n) is 15.5. The second-order valence-corrected chi connectivity index (χ2v) is 15.5. The molecular formula is C57H36N4O. The molecule has 0 saturated carbocycles. The van der Waals surface area contributed by atoms with Crippen LogP contribution in [0.2, 0.25) is 0 Å². The van der Waals surface area contributed by atoms with E-state index in [1.807, 2.05) is 36.4 Å². The number of hydrogen-bond acceptors (Lipinski definition) is 4. The lowest BCUT2D eigenvalue weighted by molar-refractivity contribution is 0.670. The zero-order valence-corrected chi connectivity index (χ0v) is 33.5. The van der Waals surface area contributed by atoms with Gasteiger partial charge in [0, 0.05) is 49.5 Å². The highest BCUT2D eigenvalue weighted by Crippen LogP contribution is 2.44. The summed E-state index contributed by atoms with van der Waals surface area (Å²) in [6.07, 6.45) is 0. The summed E-state index contributed by atoms with van der Waals surface area (Å²) in [5, 5.41) is 4.52. The van der Waals surface area contributed by atoms with Crippen LogP contribution in [0.5, 0.6) is 0 Å². The Morgan fingerprint density at radius 2 is 0.806 bits per heavy atom. The Bertz CT molecular complexity index is 3610. The molecule has 0 spiro atoms. The maximum Gasteiger partial charge on any atom is 0.164 e. The molecule has 62 heavy (non-hydrogen) atoms. The largest absolute Gasteiger partial charge is 0.455 e. The van der Waals surface area contributed by atoms with Gasteiger partial charge in [-0.25, -0.2) is 15.0 Å². The molecule has 0 fully saturated rings. The maximum atomic E-state index is 6.92. The van der Waals surface area contributed by atoms with Crippen LogP contribution in [-0.4, -0.2) is 19.5 Å². The topological polar surface area (TPSA) is 56.7 Å². The van der Waals surface area contributed by atoms with Gasteiger partial charge in [-0.1, -0.05) is 182 Å². The van der Waals surface area contributed by atoms with Crippen molar-refractivity contribution in [3.05, 3.63) is 218 Å². The van der Waals surface area contributed by atoms with E-state index >= 15 is 0 Å². The minimum Gasteiger partial charge on any atom is -0.455 e. The van der Waals surface area contributed by atoms with Gasteiger partial charge in [0.1, 0.15) is 11.2 Å². The van der Waals surface area contributed by atoms with E-state index in [1.165, 1.54) is 27.4 Å². The van der Waals surface area contributed by atoms with E-state index in [4.69, 9.17) is 19.4 Å². The molecule has 12 rings (SSSR count). The molecule has 0 unspecified atom stereocenters. The molecular weight excluding hydrogens is 757 g/mol. The predicted octanol–water partition coefficient (Wildman–Crippen LogP) is 14.9. The van der Waals surface area contributed by atoms with Crippen LogP contribution in [0.1, 0.15) is 0 Å². The lowest BCUT2D eigenvalue weighted by atomic mass is 9.91. The first-order valence-electron chi connectivity index (χ1n) is 20.9. The summed E-state index contributed by atoms with van der Waals surface area (Å²) < 4.78 is 9.29. The van der Waals surface area contributed by atoms with Crippen molar-refractivity contribution in [2.24, 2.45) is 0 Å². The highest BCUT2D eigenvalue weighted by molar-refractivity contribution is 6.18. The Kier molecular flexibility index (Phi) is 8.42. The van der Waals surface area contributed by atoms with Gasteiger partial charge in [0.2, 0.25) is 0 Å². The van der Waals surface area contributed by atoms with Gasteiger partial charge in [0.15, 0.2) is 17.5 Å². The molecule has 0 aliphatic heterocycles. The SMILES string of the molecule is c1ccc(-c2ccc(-c3nc(-c4ccccc4)nc(-c4ccc5c(c4)oc4c(-c6ccccc6-c6cccc7c6c6ccccc6n7-c6ccccc6)cccc45)n3)cc2)cc1. The zero-order chi connectivity index (χ0) is 41.0. The Morgan fingerprint density at radius 1 is 0.323 bits per heavy atom. The number of aromatic nitrogens is 4. The average Bonchev–Trinajstić information content (AvgIpc) is 3.90. The minimum absolute atomic E-state index is 0.580. The molecule has 0 N–H and O–H groups in total. The average molecular weight is 793 g/mol. The molecule has 3 heterocycles. The summed E-state index contributed by atoms with van der Waals surface area (Å²) >= 11 is 0. The highest BCUT2D eigenvalue weighted by atomic mass is 16.3. The Hall–Kier alpha value is -8.41. The standard InChI is InChI=1S/C57H36N4O/c1-4-16-37(17-5-1)38-30-32-40(33-31-38)56-58-55(39-18-6-2-7-19-39)59-57(60-56)41-34-35-45-48-27-14-26-47(54(48)62-52(45)36-41)44-23-11-10-22-43(44)46-25-15-29-51-53(46)49-24-12-13-28-50(49)61(51)42-20-8-3-9-21-42/h1-36H. The third-order valence-corrected chi connectivity index (χ3v) is 11.9. The van der Waals surface area contributed by atoms with Crippen LogP contribution >= 0.6 is 0 Å². The van der Waals surface area contributed by atoms with Crippen LogP contribution in [0.4, 0.5) is 0 Å². The van der Waals surface area contributed by atoms with Gasteiger partial charge in [-0.15, -0.1) is 0 Å². The van der Waals surface area contributed by atoms with Crippen molar-refractivity contribution in [3.8, 4) is 73.2 Å². The van der Waals surface area contributed by atoms with E-state index < -0.39 is 0 Å². The Balaban J connectivity index is 0.989. The van der Waals surface area contributed by atoms with Crippen LogP contribution in [0.15, 0.2) is 223 Å². The van der Waals surface area contributed by atoms with E-state index in [1.54, 1.807) is 0 Å². The van der Waals surface area contributed by atoms with Crippen molar-refractivity contribution in [2.45, 2.75) is 0 Å². The summed E-state index contributed by atoms with van der Waals surface area (Å²) in [6.45, 7) is 0. The van der Waals surface area contributed by atoms with Crippen molar-refractivity contribution in [2.75, 3.05) is 0 Å². The van der Waals surface area contributed by atoms with Gasteiger partial charge >= 0.3 is 0 Å². The monoisotopic (exact) mass is 792 g/mol. The highest BCUT2D eigenvalue weighted by Gasteiger charge is 2.21. The summed E-state index contributed by atoms with van der Waals surface area (Å²) in [7, 11) is 0. The lowest BCUT2D eigenvalue weighted by Gasteiger charge is -2.13.